The molecule has 6 heteroatoms. The predicted molar refractivity (Wildman–Crippen MR) is 74.4 cm³/mol. The molecule has 0 saturated carbocycles. The van der Waals surface area contributed by atoms with Crippen molar-refractivity contribution in [1.29, 1.82) is 0 Å². The number of esters is 1. The molecule has 1 aromatic carbocycles. The lowest BCUT2D eigenvalue weighted by atomic mass is 10.2. The van der Waals surface area contributed by atoms with Crippen LogP contribution in [-0.4, -0.2) is 19.0 Å². The summed E-state index contributed by atoms with van der Waals surface area (Å²) in [4.78, 5) is 24.1. The first-order chi connectivity index (χ1) is 9.60. The van der Waals surface area contributed by atoms with Gasteiger partial charge in [0, 0.05) is 10.6 Å². The summed E-state index contributed by atoms with van der Waals surface area (Å²) in [6, 6.07) is 7.49. The molecule has 0 atom stereocenters. The van der Waals surface area contributed by atoms with Crippen LogP contribution in [-0.2, 0) is 16.0 Å². The van der Waals surface area contributed by atoms with Crippen molar-refractivity contribution in [3.05, 3.63) is 52.0 Å². The maximum absolute atomic E-state index is 13.4. The molecule has 1 amide bonds. The van der Waals surface area contributed by atoms with Crippen molar-refractivity contribution in [2.75, 3.05) is 12.4 Å². The molecule has 4 nitrogen and oxygen atoms in total. The Morgan fingerprint density at radius 3 is 2.80 bits per heavy atom. The maximum atomic E-state index is 13.4. The summed E-state index contributed by atoms with van der Waals surface area (Å²) in [5.74, 6) is -1.69. The van der Waals surface area contributed by atoms with Gasteiger partial charge in [0.05, 0.1) is 19.1 Å². The first kappa shape index (κ1) is 14.2. The Labute approximate surface area is 119 Å². The third-order valence-electron chi connectivity index (χ3n) is 2.57. The lowest BCUT2D eigenvalue weighted by molar-refractivity contribution is -0.115. The summed E-state index contributed by atoms with van der Waals surface area (Å²) in [6.45, 7) is 0. The van der Waals surface area contributed by atoms with Crippen LogP contribution < -0.4 is 5.32 Å². The molecule has 2 rings (SSSR count). The fourth-order valence-electron chi connectivity index (χ4n) is 1.65. The Hall–Kier alpha value is -2.21. The molecule has 0 aliphatic heterocycles. The SMILES string of the molecule is COC(=O)c1cc(NC(=O)Cc2cccs2)ccc1F. The van der Waals surface area contributed by atoms with Crippen molar-refractivity contribution in [2.45, 2.75) is 6.42 Å². The minimum Gasteiger partial charge on any atom is -0.465 e. The molecule has 0 fully saturated rings. The summed E-state index contributed by atoms with van der Waals surface area (Å²) in [5.41, 5.74) is 0.148. The highest BCUT2D eigenvalue weighted by molar-refractivity contribution is 7.10. The number of halogens is 1. The molecule has 0 aliphatic carbocycles. The number of methoxy groups -OCH3 is 1. The molecule has 0 bridgehead atoms. The Morgan fingerprint density at radius 2 is 2.15 bits per heavy atom. The van der Waals surface area contributed by atoms with Gasteiger partial charge in [-0.15, -0.1) is 11.3 Å². The molecule has 1 aromatic heterocycles. The van der Waals surface area contributed by atoms with Crippen LogP contribution in [0.15, 0.2) is 35.7 Å². The first-order valence-corrected chi connectivity index (χ1v) is 6.68. The van der Waals surface area contributed by atoms with Gasteiger partial charge < -0.3 is 10.1 Å². The Kier molecular flexibility index (Phi) is 4.47. The van der Waals surface area contributed by atoms with Crippen LogP contribution in [0.4, 0.5) is 10.1 Å². The van der Waals surface area contributed by atoms with Crippen molar-refractivity contribution < 1.29 is 18.7 Å². The number of nitrogens with one attached hydrogen (secondary N) is 1. The molecule has 104 valence electrons. The second-order valence-electron chi connectivity index (χ2n) is 3.99. The number of ether oxygens (including phenoxy) is 1. The van der Waals surface area contributed by atoms with Crippen molar-refractivity contribution >= 4 is 28.9 Å². The summed E-state index contributed by atoms with van der Waals surface area (Å²) in [6.07, 6.45) is 0.239. The van der Waals surface area contributed by atoms with E-state index in [1.165, 1.54) is 30.6 Å². The minimum atomic E-state index is -0.781. The van der Waals surface area contributed by atoms with Gasteiger partial charge in [0.15, 0.2) is 0 Å². The highest BCUT2D eigenvalue weighted by Crippen LogP contribution is 2.17. The highest BCUT2D eigenvalue weighted by Gasteiger charge is 2.14. The highest BCUT2D eigenvalue weighted by atomic mass is 32.1. The average molecular weight is 293 g/mol. The third kappa shape index (κ3) is 3.42. The number of carbonyl (C=O) groups excluding carboxylic acids is 2. The molecular weight excluding hydrogens is 281 g/mol. The van der Waals surface area contributed by atoms with Gasteiger partial charge in [-0.2, -0.15) is 0 Å². The van der Waals surface area contributed by atoms with E-state index in [-0.39, 0.29) is 17.9 Å². The first-order valence-electron chi connectivity index (χ1n) is 5.80. The van der Waals surface area contributed by atoms with Gasteiger partial charge in [0.2, 0.25) is 5.91 Å². The number of amides is 1. The summed E-state index contributed by atoms with van der Waals surface area (Å²) < 4.78 is 17.9. The van der Waals surface area contributed by atoms with Gasteiger partial charge in [-0.25, -0.2) is 9.18 Å². The van der Waals surface area contributed by atoms with Gasteiger partial charge in [-0.1, -0.05) is 6.07 Å². The van der Waals surface area contributed by atoms with Crippen molar-refractivity contribution in [2.24, 2.45) is 0 Å². The Balaban J connectivity index is 2.09. The molecule has 0 unspecified atom stereocenters. The molecule has 0 saturated heterocycles. The fourth-order valence-corrected chi connectivity index (χ4v) is 2.35. The van der Waals surface area contributed by atoms with E-state index in [0.717, 1.165) is 10.9 Å². The minimum absolute atomic E-state index is 0.207. The van der Waals surface area contributed by atoms with Crippen LogP contribution in [0, 0.1) is 5.82 Å². The van der Waals surface area contributed by atoms with Crippen molar-refractivity contribution in [3.8, 4) is 0 Å². The van der Waals surface area contributed by atoms with Gasteiger partial charge in [0.25, 0.3) is 0 Å². The van der Waals surface area contributed by atoms with E-state index in [0.29, 0.717) is 5.69 Å². The van der Waals surface area contributed by atoms with Crippen LogP contribution in [0.1, 0.15) is 15.2 Å². The van der Waals surface area contributed by atoms with Crippen LogP contribution in [0.5, 0.6) is 0 Å². The molecule has 1 heterocycles. The quantitative estimate of drug-likeness (QED) is 0.882. The predicted octanol–water partition coefficient (Wildman–Crippen LogP) is 2.86. The topological polar surface area (TPSA) is 55.4 Å². The van der Waals surface area contributed by atoms with Crippen LogP contribution in [0.25, 0.3) is 0 Å². The molecule has 0 spiro atoms. The number of carbonyl (C=O) groups is 2. The van der Waals surface area contributed by atoms with Crippen molar-refractivity contribution in [1.82, 2.24) is 0 Å². The van der Waals surface area contributed by atoms with Crippen molar-refractivity contribution in [3.63, 3.8) is 0 Å². The zero-order valence-corrected chi connectivity index (χ0v) is 11.5. The van der Waals surface area contributed by atoms with E-state index in [2.05, 4.69) is 10.1 Å². The monoisotopic (exact) mass is 293 g/mol. The second kappa shape index (κ2) is 6.29. The number of thiophene rings is 1. The molecule has 1 N–H and O–H groups in total. The summed E-state index contributed by atoms with van der Waals surface area (Å²) >= 11 is 1.48. The van der Waals surface area contributed by atoms with E-state index >= 15 is 0 Å². The van der Waals surface area contributed by atoms with Gasteiger partial charge in [0.1, 0.15) is 5.82 Å². The zero-order valence-electron chi connectivity index (χ0n) is 10.7. The zero-order chi connectivity index (χ0) is 14.5. The third-order valence-corrected chi connectivity index (χ3v) is 3.45. The largest absolute Gasteiger partial charge is 0.465 e. The smallest absolute Gasteiger partial charge is 0.340 e. The number of rotatable bonds is 4. The Bertz CT molecular complexity index is 625. The average Bonchev–Trinajstić information content (AvgIpc) is 2.92. The molecule has 0 aliphatic rings. The maximum Gasteiger partial charge on any atom is 0.340 e. The number of hydrogen-bond acceptors (Lipinski definition) is 4. The lowest BCUT2D eigenvalue weighted by Crippen LogP contribution is -2.14. The number of benzene rings is 1. The van der Waals surface area contributed by atoms with Crippen LogP contribution >= 0.6 is 11.3 Å². The normalized spacial score (nSPS) is 10.1. The van der Waals surface area contributed by atoms with E-state index in [4.69, 9.17) is 0 Å². The molecule has 0 radical (unpaired) electrons. The summed E-state index contributed by atoms with van der Waals surface area (Å²) in [7, 11) is 1.17. The lowest BCUT2D eigenvalue weighted by Gasteiger charge is -2.07. The number of hydrogen-bond donors (Lipinski definition) is 1. The van der Waals surface area contributed by atoms with Gasteiger partial charge >= 0.3 is 5.97 Å². The van der Waals surface area contributed by atoms with Crippen LogP contribution in [0.2, 0.25) is 0 Å². The summed E-state index contributed by atoms with van der Waals surface area (Å²) in [5, 5.41) is 4.50. The molecular formula is C14H12FNO3S. The van der Waals surface area contributed by atoms with Crippen LogP contribution in [0.3, 0.4) is 0 Å². The Morgan fingerprint density at radius 1 is 1.35 bits per heavy atom. The molecule has 2 aromatic rings. The van der Waals surface area contributed by atoms with E-state index in [1.54, 1.807) is 0 Å². The van der Waals surface area contributed by atoms with Gasteiger partial charge in [-0.05, 0) is 29.6 Å². The standard InChI is InChI=1S/C14H12FNO3S/c1-19-14(18)11-7-9(4-5-12(11)15)16-13(17)8-10-3-2-6-20-10/h2-7H,8H2,1H3,(H,16,17). The van der Waals surface area contributed by atoms with Gasteiger partial charge in [-0.3, -0.25) is 4.79 Å². The van der Waals surface area contributed by atoms with E-state index < -0.39 is 11.8 Å². The molecule has 20 heavy (non-hydrogen) atoms. The number of anilines is 1. The van der Waals surface area contributed by atoms with E-state index in [9.17, 15) is 14.0 Å². The van der Waals surface area contributed by atoms with E-state index in [1.807, 2.05) is 17.5 Å². The second-order valence-corrected chi connectivity index (χ2v) is 5.02. The fraction of sp³-hybridized carbons (Fsp3) is 0.143.